The third-order valence-corrected chi connectivity index (χ3v) is 3.06. The number of benzene rings is 2. The molecule has 2 aromatic rings. The number of hydrogen-bond acceptors (Lipinski definition) is 4. The first-order chi connectivity index (χ1) is 9.22. The van der Waals surface area contributed by atoms with Gasteiger partial charge in [-0.2, -0.15) is 0 Å². The van der Waals surface area contributed by atoms with E-state index in [2.05, 4.69) is 0 Å². The van der Waals surface area contributed by atoms with Gasteiger partial charge in [0.15, 0.2) is 5.75 Å². The second-order valence-corrected chi connectivity index (χ2v) is 4.46. The number of anilines is 1. The monoisotopic (exact) mass is 255 g/mol. The maximum absolute atomic E-state index is 11.6. The van der Waals surface area contributed by atoms with Crippen molar-refractivity contribution < 1.29 is 14.6 Å². The summed E-state index contributed by atoms with van der Waals surface area (Å²) < 4.78 is 5.20. The van der Waals surface area contributed by atoms with Crippen LogP contribution in [-0.2, 0) is 11.3 Å². The maximum atomic E-state index is 11.6. The van der Waals surface area contributed by atoms with Gasteiger partial charge in [0.25, 0.3) is 0 Å². The van der Waals surface area contributed by atoms with Gasteiger partial charge < -0.3 is 14.7 Å². The minimum Gasteiger partial charge on any atom is -0.508 e. The Balaban J connectivity index is 1.89. The summed E-state index contributed by atoms with van der Waals surface area (Å²) in [6, 6.07) is 14.5. The normalized spacial score (nSPS) is 13.9. The molecule has 3 rings (SSSR count). The molecule has 0 radical (unpaired) electrons. The average molecular weight is 255 g/mol. The lowest BCUT2D eigenvalue weighted by Crippen LogP contribution is -2.36. The topological polar surface area (TPSA) is 49.8 Å². The highest BCUT2D eigenvalue weighted by molar-refractivity contribution is 5.84. The number of rotatable bonds is 2. The number of hydrogen-bond donors (Lipinski definition) is 1. The highest BCUT2D eigenvalue weighted by atomic mass is 16.5. The molecular formula is C15H13NO3. The first-order valence-corrected chi connectivity index (χ1v) is 6.05. The maximum Gasteiger partial charge on any atom is 0.331 e. The number of para-hydroxylation sites is 2. The fraction of sp³-hybridized carbons (Fsp3) is 0.133. The molecule has 0 aliphatic carbocycles. The number of nitrogens with zero attached hydrogens (tertiary/aromatic N) is 1. The zero-order valence-corrected chi connectivity index (χ0v) is 10.2. The largest absolute Gasteiger partial charge is 0.508 e. The van der Waals surface area contributed by atoms with E-state index in [0.29, 0.717) is 12.3 Å². The van der Waals surface area contributed by atoms with Crippen molar-refractivity contribution in [1.82, 2.24) is 0 Å². The Kier molecular flexibility index (Phi) is 2.83. The first-order valence-electron chi connectivity index (χ1n) is 6.05. The van der Waals surface area contributed by atoms with Crippen LogP contribution in [0.15, 0.2) is 48.5 Å². The van der Waals surface area contributed by atoms with Gasteiger partial charge >= 0.3 is 5.97 Å². The molecule has 1 aliphatic rings. The molecule has 0 amide bonds. The summed E-state index contributed by atoms with van der Waals surface area (Å²) >= 11 is 0. The summed E-state index contributed by atoms with van der Waals surface area (Å²) in [5.41, 5.74) is 1.94. The number of phenols is 1. The highest BCUT2D eigenvalue weighted by Crippen LogP contribution is 2.32. The van der Waals surface area contributed by atoms with Crippen molar-refractivity contribution in [2.24, 2.45) is 0 Å². The number of phenolic OH excluding ortho intramolecular Hbond substituents is 1. The fourth-order valence-corrected chi connectivity index (χ4v) is 2.16. The number of esters is 1. The summed E-state index contributed by atoms with van der Waals surface area (Å²) in [7, 11) is 0. The van der Waals surface area contributed by atoms with Gasteiger partial charge in [-0.1, -0.05) is 24.3 Å². The van der Waals surface area contributed by atoms with Gasteiger partial charge in [0.05, 0.1) is 5.69 Å². The number of aromatic hydroxyl groups is 1. The molecule has 0 aromatic heterocycles. The molecule has 0 fully saturated rings. The van der Waals surface area contributed by atoms with Gasteiger partial charge in [-0.25, -0.2) is 4.79 Å². The smallest absolute Gasteiger partial charge is 0.331 e. The molecular weight excluding hydrogens is 242 g/mol. The summed E-state index contributed by atoms with van der Waals surface area (Å²) in [6.07, 6.45) is 0. The van der Waals surface area contributed by atoms with Crippen molar-refractivity contribution in [3.05, 3.63) is 54.1 Å². The van der Waals surface area contributed by atoms with Crippen LogP contribution >= 0.6 is 0 Å². The Morgan fingerprint density at radius 2 is 1.84 bits per heavy atom. The molecule has 0 saturated carbocycles. The molecule has 0 bridgehead atoms. The molecule has 4 nitrogen and oxygen atoms in total. The van der Waals surface area contributed by atoms with Crippen LogP contribution in [0.5, 0.6) is 11.5 Å². The van der Waals surface area contributed by atoms with E-state index in [4.69, 9.17) is 4.74 Å². The molecule has 1 N–H and O–H groups in total. The lowest BCUT2D eigenvalue weighted by atomic mass is 10.1. The van der Waals surface area contributed by atoms with Gasteiger partial charge in [-0.3, -0.25) is 0 Å². The van der Waals surface area contributed by atoms with Crippen molar-refractivity contribution in [2.75, 3.05) is 11.4 Å². The lowest BCUT2D eigenvalue weighted by molar-refractivity contribution is -0.133. The van der Waals surface area contributed by atoms with E-state index in [1.54, 1.807) is 18.2 Å². The van der Waals surface area contributed by atoms with Crippen LogP contribution in [0.1, 0.15) is 5.56 Å². The minimum absolute atomic E-state index is 0.234. The number of fused-ring (bicyclic) bond motifs is 1. The second-order valence-electron chi connectivity index (χ2n) is 4.46. The Morgan fingerprint density at radius 1 is 1.11 bits per heavy atom. The Hall–Kier alpha value is -2.49. The van der Waals surface area contributed by atoms with Crippen LogP contribution in [-0.4, -0.2) is 17.6 Å². The Bertz CT molecular complexity index is 607. The van der Waals surface area contributed by atoms with Crippen molar-refractivity contribution in [3.63, 3.8) is 0 Å². The third kappa shape index (κ3) is 2.38. The molecule has 2 aromatic carbocycles. The molecule has 0 atom stereocenters. The number of carbonyl (C=O) groups is 1. The number of carbonyl (C=O) groups excluding carboxylic acids is 1. The molecule has 4 heteroatoms. The predicted octanol–water partition coefficient (Wildman–Crippen LogP) is 2.32. The van der Waals surface area contributed by atoms with Crippen molar-refractivity contribution in [3.8, 4) is 11.5 Å². The SMILES string of the molecule is O=C1CN(Cc2ccc(O)cc2)c2ccccc2O1. The van der Waals surface area contributed by atoms with Crippen LogP contribution in [0.2, 0.25) is 0 Å². The molecule has 1 aliphatic heterocycles. The fourth-order valence-electron chi connectivity index (χ4n) is 2.16. The van der Waals surface area contributed by atoms with E-state index in [1.165, 1.54) is 0 Å². The van der Waals surface area contributed by atoms with Gasteiger partial charge in [-0.05, 0) is 29.8 Å². The standard InChI is InChI=1S/C15H13NO3/c17-12-7-5-11(6-8-12)9-16-10-15(18)19-14-4-2-1-3-13(14)16/h1-8,17H,9-10H2. The predicted molar refractivity (Wildman–Crippen MR) is 71.2 cm³/mol. The third-order valence-electron chi connectivity index (χ3n) is 3.06. The average Bonchev–Trinajstić information content (AvgIpc) is 2.41. The van der Waals surface area contributed by atoms with Crippen LogP contribution in [0.25, 0.3) is 0 Å². The molecule has 96 valence electrons. The summed E-state index contributed by atoms with van der Waals surface area (Å²) in [5, 5.41) is 9.27. The zero-order chi connectivity index (χ0) is 13.2. The van der Waals surface area contributed by atoms with Crippen molar-refractivity contribution in [2.45, 2.75) is 6.54 Å². The molecule has 0 saturated heterocycles. The van der Waals surface area contributed by atoms with E-state index in [9.17, 15) is 9.90 Å². The van der Waals surface area contributed by atoms with Crippen molar-refractivity contribution >= 4 is 11.7 Å². The second kappa shape index (κ2) is 4.65. The van der Waals surface area contributed by atoms with Gasteiger partial charge in [0.2, 0.25) is 0 Å². The Labute approximate surface area is 110 Å². The van der Waals surface area contributed by atoms with E-state index in [0.717, 1.165) is 11.3 Å². The summed E-state index contributed by atoms with van der Waals surface area (Å²) in [4.78, 5) is 13.5. The van der Waals surface area contributed by atoms with E-state index >= 15 is 0 Å². The molecule has 0 unspecified atom stereocenters. The molecule has 0 spiro atoms. The summed E-state index contributed by atoms with van der Waals surface area (Å²) in [5.74, 6) is 0.581. The number of ether oxygens (including phenoxy) is 1. The van der Waals surface area contributed by atoms with E-state index in [-0.39, 0.29) is 18.3 Å². The van der Waals surface area contributed by atoms with Gasteiger partial charge in [0, 0.05) is 6.54 Å². The van der Waals surface area contributed by atoms with Crippen LogP contribution in [0.4, 0.5) is 5.69 Å². The quantitative estimate of drug-likeness (QED) is 0.661. The highest BCUT2D eigenvalue weighted by Gasteiger charge is 2.23. The van der Waals surface area contributed by atoms with Gasteiger partial charge in [-0.15, -0.1) is 0 Å². The lowest BCUT2D eigenvalue weighted by Gasteiger charge is -2.29. The van der Waals surface area contributed by atoms with Crippen LogP contribution in [0.3, 0.4) is 0 Å². The minimum atomic E-state index is -0.252. The molecule has 19 heavy (non-hydrogen) atoms. The molecule has 1 heterocycles. The van der Waals surface area contributed by atoms with Gasteiger partial charge in [0.1, 0.15) is 12.3 Å². The first kappa shape index (κ1) is 11.6. The van der Waals surface area contributed by atoms with Crippen LogP contribution in [0, 0.1) is 0 Å². The van der Waals surface area contributed by atoms with E-state index in [1.807, 2.05) is 35.2 Å². The van der Waals surface area contributed by atoms with E-state index < -0.39 is 0 Å². The summed E-state index contributed by atoms with van der Waals surface area (Å²) in [6.45, 7) is 0.838. The Morgan fingerprint density at radius 3 is 2.63 bits per heavy atom. The zero-order valence-electron chi connectivity index (χ0n) is 10.2. The van der Waals surface area contributed by atoms with Crippen molar-refractivity contribution in [1.29, 1.82) is 0 Å². The van der Waals surface area contributed by atoms with Crippen LogP contribution < -0.4 is 9.64 Å².